The van der Waals surface area contributed by atoms with E-state index in [2.05, 4.69) is 5.10 Å². The molecule has 138 valence electrons. The third-order valence-electron chi connectivity index (χ3n) is 2.93. The summed E-state index contributed by atoms with van der Waals surface area (Å²) in [6, 6.07) is 2.69. The lowest BCUT2D eigenvalue weighted by molar-refractivity contribution is 0.588. The molecule has 0 saturated carbocycles. The van der Waals surface area contributed by atoms with Crippen LogP contribution in [0.2, 0.25) is 0 Å². The van der Waals surface area contributed by atoms with Gasteiger partial charge in [-0.2, -0.15) is 18.8 Å². The highest BCUT2D eigenvalue weighted by atomic mass is 32.3. The Hall–Kier alpha value is -3.05. The summed E-state index contributed by atoms with van der Waals surface area (Å²) >= 11 is 0. The van der Waals surface area contributed by atoms with Crippen LogP contribution in [0.5, 0.6) is 0 Å². The molecule has 0 atom stereocenters. The zero-order chi connectivity index (χ0) is 19.9. The number of hydrogen-bond acceptors (Lipinski definition) is 8. The highest BCUT2D eigenvalue weighted by molar-refractivity contribution is 8.09. The molecule has 2 rings (SSSR count). The predicted octanol–water partition coefficient (Wildman–Crippen LogP) is -1.34. The average molecular weight is 403 g/mol. The quantitative estimate of drug-likeness (QED) is 0.655. The molecule has 0 bridgehead atoms. The van der Waals surface area contributed by atoms with E-state index in [1.165, 1.54) is 6.07 Å². The summed E-state index contributed by atoms with van der Waals surface area (Å²) < 4.78 is 62.2. The maximum atomic E-state index is 14.3. The third-order valence-corrected chi connectivity index (χ3v) is 6.15. The summed E-state index contributed by atoms with van der Waals surface area (Å²) in [6.45, 7) is 0. The number of hydrogen-bond donors (Lipinski definition) is 1. The zero-order valence-electron chi connectivity index (χ0n) is 13.2. The fourth-order valence-corrected chi connectivity index (χ4v) is 5.07. The number of benzene rings is 1. The monoisotopic (exact) mass is 403 g/mol. The standard InChI is InChI=1S/C12H10FN5O6S2/c1-25(21,22)18(26(2,23)24)9-4-10(8(13)3-7(9)5-14)17-12(20)16-11(19)6-15-17/h3-4,6H,1-2H3,(H,16,19,20). The molecule has 0 aliphatic rings. The first-order valence-electron chi connectivity index (χ1n) is 6.49. The molecule has 0 saturated heterocycles. The number of nitrogens with zero attached hydrogens (tertiary/aromatic N) is 4. The number of nitrogens with one attached hydrogen (secondary N) is 1. The highest BCUT2D eigenvalue weighted by Gasteiger charge is 2.31. The molecule has 1 aromatic carbocycles. The summed E-state index contributed by atoms with van der Waals surface area (Å²) in [5, 5.41) is 12.5. The van der Waals surface area contributed by atoms with Crippen LogP contribution in [0.1, 0.15) is 5.56 Å². The van der Waals surface area contributed by atoms with Gasteiger partial charge in [-0.05, 0) is 12.1 Å². The van der Waals surface area contributed by atoms with E-state index >= 15 is 0 Å². The van der Waals surface area contributed by atoms with Crippen LogP contribution in [0.15, 0.2) is 27.9 Å². The van der Waals surface area contributed by atoms with E-state index in [0.29, 0.717) is 35.5 Å². The van der Waals surface area contributed by atoms with Crippen molar-refractivity contribution >= 4 is 25.7 Å². The molecule has 11 nitrogen and oxygen atoms in total. The van der Waals surface area contributed by atoms with Gasteiger partial charge in [-0.3, -0.25) is 9.78 Å². The number of sulfonamides is 2. The maximum absolute atomic E-state index is 14.3. The second-order valence-electron chi connectivity index (χ2n) is 5.01. The van der Waals surface area contributed by atoms with Crippen molar-refractivity contribution in [1.29, 1.82) is 5.26 Å². The van der Waals surface area contributed by atoms with Crippen molar-refractivity contribution < 1.29 is 21.2 Å². The predicted molar refractivity (Wildman–Crippen MR) is 87.3 cm³/mol. The number of nitriles is 1. The van der Waals surface area contributed by atoms with Gasteiger partial charge in [-0.25, -0.2) is 26.0 Å². The Balaban J connectivity index is 2.94. The van der Waals surface area contributed by atoms with Crippen molar-refractivity contribution in [2.75, 3.05) is 16.2 Å². The molecule has 0 spiro atoms. The van der Waals surface area contributed by atoms with E-state index in [9.17, 15) is 30.8 Å². The minimum absolute atomic E-state index is 0.0712. The lowest BCUT2D eigenvalue weighted by Crippen LogP contribution is -2.36. The van der Waals surface area contributed by atoms with Crippen LogP contribution in [0, 0.1) is 17.1 Å². The van der Waals surface area contributed by atoms with Gasteiger partial charge >= 0.3 is 5.69 Å². The van der Waals surface area contributed by atoms with Crippen LogP contribution in [0.3, 0.4) is 0 Å². The van der Waals surface area contributed by atoms with Gasteiger partial charge in [0.2, 0.25) is 20.0 Å². The van der Waals surface area contributed by atoms with Gasteiger partial charge < -0.3 is 0 Å². The number of H-pyrrole nitrogens is 1. The molecular weight excluding hydrogens is 393 g/mol. The fraction of sp³-hybridized carbons (Fsp3) is 0.167. The lowest BCUT2D eigenvalue weighted by Gasteiger charge is -2.21. The van der Waals surface area contributed by atoms with Crippen molar-refractivity contribution in [3.8, 4) is 11.8 Å². The van der Waals surface area contributed by atoms with Crippen LogP contribution in [-0.4, -0.2) is 44.1 Å². The second kappa shape index (κ2) is 6.35. The Morgan fingerprint density at radius 1 is 1.19 bits per heavy atom. The largest absolute Gasteiger partial charge is 0.349 e. The van der Waals surface area contributed by atoms with E-state index in [0.717, 1.165) is 0 Å². The topological polar surface area (TPSA) is 163 Å². The van der Waals surface area contributed by atoms with Gasteiger partial charge in [0.05, 0.1) is 23.8 Å². The van der Waals surface area contributed by atoms with Crippen LogP contribution < -0.4 is 15.0 Å². The van der Waals surface area contributed by atoms with E-state index in [1.54, 1.807) is 0 Å². The Bertz CT molecular complexity index is 1220. The molecule has 1 N–H and O–H groups in total. The van der Waals surface area contributed by atoms with Crippen LogP contribution in [0.4, 0.5) is 10.1 Å². The van der Waals surface area contributed by atoms with E-state index in [4.69, 9.17) is 5.26 Å². The Labute approximate surface area is 146 Å². The first kappa shape index (κ1) is 19.3. The number of anilines is 1. The first-order valence-corrected chi connectivity index (χ1v) is 10.2. The molecule has 0 aliphatic carbocycles. The Kier molecular flexibility index (Phi) is 4.71. The minimum atomic E-state index is -4.43. The van der Waals surface area contributed by atoms with Crippen LogP contribution >= 0.6 is 0 Å². The number of halogens is 1. The zero-order valence-corrected chi connectivity index (χ0v) is 14.8. The van der Waals surface area contributed by atoms with Crippen molar-refractivity contribution in [3.63, 3.8) is 0 Å². The van der Waals surface area contributed by atoms with Crippen LogP contribution in [0.25, 0.3) is 5.69 Å². The van der Waals surface area contributed by atoms with Crippen molar-refractivity contribution in [3.05, 3.63) is 50.5 Å². The molecule has 0 fully saturated rings. The third kappa shape index (κ3) is 3.63. The normalized spacial score (nSPS) is 11.8. The first-order chi connectivity index (χ1) is 11.9. The van der Waals surface area contributed by atoms with E-state index < -0.39 is 54.1 Å². The van der Waals surface area contributed by atoms with Gasteiger partial charge in [0.15, 0.2) is 5.82 Å². The smallest absolute Gasteiger partial charge is 0.271 e. The summed E-state index contributed by atoms with van der Waals surface area (Å²) in [6.07, 6.45) is 1.80. The van der Waals surface area contributed by atoms with Crippen molar-refractivity contribution in [1.82, 2.24) is 14.8 Å². The fourth-order valence-electron chi connectivity index (χ4n) is 2.08. The van der Waals surface area contributed by atoms with Crippen molar-refractivity contribution in [2.24, 2.45) is 0 Å². The summed E-state index contributed by atoms with van der Waals surface area (Å²) in [4.78, 5) is 24.7. The van der Waals surface area contributed by atoms with Crippen LogP contribution in [-0.2, 0) is 20.0 Å². The van der Waals surface area contributed by atoms with Gasteiger partial charge in [0, 0.05) is 0 Å². The molecular formula is C12H10FN5O6S2. The summed E-state index contributed by atoms with van der Waals surface area (Å²) in [5.41, 5.74) is -4.00. The molecule has 1 aromatic heterocycles. The molecule has 1 heterocycles. The lowest BCUT2D eigenvalue weighted by atomic mass is 10.1. The number of aromatic nitrogens is 3. The Morgan fingerprint density at radius 2 is 1.77 bits per heavy atom. The van der Waals surface area contributed by atoms with Gasteiger partial charge in [-0.1, -0.05) is 0 Å². The molecule has 14 heteroatoms. The molecule has 0 unspecified atom stereocenters. The summed E-state index contributed by atoms with van der Waals surface area (Å²) in [7, 11) is -8.86. The molecule has 0 amide bonds. The van der Waals surface area contributed by atoms with E-state index in [1.807, 2.05) is 4.98 Å². The maximum Gasteiger partial charge on any atom is 0.349 e. The molecule has 0 radical (unpaired) electrons. The number of rotatable bonds is 4. The highest BCUT2D eigenvalue weighted by Crippen LogP contribution is 2.29. The summed E-state index contributed by atoms with van der Waals surface area (Å²) in [5.74, 6) is -1.17. The molecule has 26 heavy (non-hydrogen) atoms. The minimum Gasteiger partial charge on any atom is -0.271 e. The average Bonchev–Trinajstić information content (AvgIpc) is 2.46. The van der Waals surface area contributed by atoms with E-state index in [-0.39, 0.29) is 3.71 Å². The molecule has 0 aliphatic heterocycles. The second-order valence-corrected chi connectivity index (χ2v) is 8.90. The SMILES string of the molecule is CS(=O)(=O)N(c1cc(-n2ncc(=O)[nH]c2=O)c(F)cc1C#N)S(C)(=O)=O. The molecule has 2 aromatic rings. The Morgan fingerprint density at radius 3 is 2.23 bits per heavy atom. The van der Waals surface area contributed by atoms with Gasteiger partial charge in [0.1, 0.15) is 18.0 Å². The van der Waals surface area contributed by atoms with Crippen molar-refractivity contribution in [2.45, 2.75) is 0 Å². The van der Waals surface area contributed by atoms with Gasteiger partial charge in [-0.15, -0.1) is 0 Å². The number of aromatic amines is 1. The van der Waals surface area contributed by atoms with Gasteiger partial charge in [0.25, 0.3) is 5.56 Å².